The Morgan fingerprint density at radius 2 is 0.629 bits per heavy atom. The number of para-hydroxylation sites is 2. The quantitative estimate of drug-likeness (QED) is 0.157. The summed E-state index contributed by atoms with van der Waals surface area (Å²) in [5, 5.41) is 20.8. The Hall–Kier alpha value is -7.78. The fraction of sp³-hybridized carbons (Fsp3) is 0. The normalized spacial score (nSPS) is 12.2. The second-order valence-electron chi connectivity index (χ2n) is 16.8. The molecule has 0 fully saturated rings. The molecule has 2 heterocycles. The standard InChI is InChI=1S/C60H35NS/c1-2-12-40(13-3-1)61-55-21-11-10-20-50(55)60-56(61)29-28-48-44-17-7-9-19-46(44)52-33-37(23-27-49(52)59(48)60)39-25-31-58-54(35-39)53-34-38(24-30-57(53)62-58)36-22-26-47-43-16-5-4-14-41(43)42-15-6-8-18-45(42)51(47)32-36/h1-35H. The molecule has 0 spiro atoms. The van der Waals surface area contributed by atoms with Crippen LogP contribution in [0.15, 0.2) is 212 Å². The number of hydrogen-bond acceptors (Lipinski definition) is 1. The van der Waals surface area contributed by atoms with Crippen LogP contribution in [0.4, 0.5) is 0 Å². The zero-order chi connectivity index (χ0) is 40.5. The van der Waals surface area contributed by atoms with Gasteiger partial charge in [-0.15, -0.1) is 11.3 Å². The minimum Gasteiger partial charge on any atom is -0.309 e. The van der Waals surface area contributed by atoms with Gasteiger partial charge in [-0.2, -0.15) is 0 Å². The molecule has 0 amide bonds. The van der Waals surface area contributed by atoms with Gasteiger partial charge in [-0.3, -0.25) is 0 Å². The van der Waals surface area contributed by atoms with Gasteiger partial charge in [0.1, 0.15) is 0 Å². The molecule has 0 aliphatic rings. The van der Waals surface area contributed by atoms with Crippen molar-refractivity contribution in [3.05, 3.63) is 212 Å². The van der Waals surface area contributed by atoms with Crippen molar-refractivity contribution in [3.8, 4) is 27.9 Å². The molecule has 14 aromatic rings. The van der Waals surface area contributed by atoms with Crippen LogP contribution in [0.5, 0.6) is 0 Å². The van der Waals surface area contributed by atoms with Crippen LogP contribution in [0.1, 0.15) is 0 Å². The highest BCUT2D eigenvalue weighted by molar-refractivity contribution is 7.25. The highest BCUT2D eigenvalue weighted by atomic mass is 32.1. The summed E-state index contributed by atoms with van der Waals surface area (Å²) in [4.78, 5) is 0. The Morgan fingerprint density at radius 1 is 0.242 bits per heavy atom. The van der Waals surface area contributed by atoms with E-state index < -0.39 is 0 Å². The molecule has 0 saturated carbocycles. The van der Waals surface area contributed by atoms with Gasteiger partial charge in [0.15, 0.2) is 0 Å². The van der Waals surface area contributed by atoms with E-state index in [1.54, 1.807) is 0 Å². The number of hydrogen-bond donors (Lipinski definition) is 0. The first kappa shape index (κ1) is 34.0. The molecule has 0 saturated heterocycles. The SMILES string of the molecule is c1ccc(-n2c3ccccc3c3c4c(ccc32)c2ccccc2c2cc(-c3ccc5sc6ccc(-c7ccc8c9ccccc9c9ccccc9c8c7)cc6c5c3)ccc24)cc1. The van der Waals surface area contributed by atoms with Crippen molar-refractivity contribution >= 4 is 118 Å². The van der Waals surface area contributed by atoms with Crippen molar-refractivity contribution in [2.45, 2.75) is 0 Å². The first-order chi connectivity index (χ1) is 30.7. The number of aromatic nitrogens is 1. The lowest BCUT2D eigenvalue weighted by molar-refractivity contribution is 1.18. The van der Waals surface area contributed by atoms with Gasteiger partial charge in [0.05, 0.1) is 11.0 Å². The first-order valence-electron chi connectivity index (χ1n) is 21.4. The highest BCUT2D eigenvalue weighted by Gasteiger charge is 2.19. The second kappa shape index (κ2) is 12.9. The van der Waals surface area contributed by atoms with Crippen LogP contribution >= 0.6 is 11.3 Å². The van der Waals surface area contributed by atoms with Crippen LogP contribution in [0.2, 0.25) is 0 Å². The van der Waals surface area contributed by atoms with Crippen molar-refractivity contribution in [2.24, 2.45) is 0 Å². The Labute approximate surface area is 360 Å². The predicted molar refractivity (Wildman–Crippen MR) is 270 cm³/mol. The van der Waals surface area contributed by atoms with E-state index >= 15 is 0 Å². The van der Waals surface area contributed by atoms with Gasteiger partial charge in [-0.25, -0.2) is 0 Å². The Morgan fingerprint density at radius 3 is 1.21 bits per heavy atom. The summed E-state index contributed by atoms with van der Waals surface area (Å²) in [6.45, 7) is 0. The topological polar surface area (TPSA) is 4.93 Å². The lowest BCUT2D eigenvalue weighted by Crippen LogP contribution is -1.93. The van der Waals surface area contributed by atoms with Gasteiger partial charge >= 0.3 is 0 Å². The maximum Gasteiger partial charge on any atom is 0.0547 e. The average molecular weight is 802 g/mol. The molecule has 0 bridgehead atoms. The van der Waals surface area contributed by atoms with E-state index in [-0.39, 0.29) is 0 Å². The molecule has 2 heteroatoms. The van der Waals surface area contributed by atoms with E-state index in [2.05, 4.69) is 217 Å². The third-order valence-electron chi connectivity index (χ3n) is 13.5. The van der Waals surface area contributed by atoms with Gasteiger partial charge in [-0.1, -0.05) is 152 Å². The van der Waals surface area contributed by atoms with E-state index in [1.807, 2.05) is 11.3 Å². The summed E-state index contributed by atoms with van der Waals surface area (Å²) in [5.41, 5.74) is 8.57. The molecule has 286 valence electrons. The van der Waals surface area contributed by atoms with E-state index in [0.29, 0.717) is 0 Å². The lowest BCUT2D eigenvalue weighted by atomic mass is 9.90. The van der Waals surface area contributed by atoms with Crippen molar-refractivity contribution < 1.29 is 0 Å². The molecule has 12 aromatic carbocycles. The minimum absolute atomic E-state index is 1.17. The summed E-state index contributed by atoms with van der Waals surface area (Å²) in [5.74, 6) is 0. The molecule has 0 aliphatic heterocycles. The van der Waals surface area contributed by atoms with Gasteiger partial charge in [0, 0.05) is 42.0 Å². The largest absolute Gasteiger partial charge is 0.309 e. The van der Waals surface area contributed by atoms with Gasteiger partial charge in [-0.05, 0) is 142 Å². The molecule has 0 aliphatic carbocycles. The lowest BCUT2D eigenvalue weighted by Gasteiger charge is -2.14. The zero-order valence-corrected chi connectivity index (χ0v) is 34.4. The molecule has 0 atom stereocenters. The Balaban J connectivity index is 0.957. The third-order valence-corrected chi connectivity index (χ3v) is 14.7. The number of benzene rings is 12. The van der Waals surface area contributed by atoms with Crippen molar-refractivity contribution in [1.29, 1.82) is 0 Å². The zero-order valence-electron chi connectivity index (χ0n) is 33.6. The molecule has 0 radical (unpaired) electrons. The summed E-state index contributed by atoms with van der Waals surface area (Å²) < 4.78 is 5.05. The van der Waals surface area contributed by atoms with Crippen molar-refractivity contribution in [2.75, 3.05) is 0 Å². The smallest absolute Gasteiger partial charge is 0.0547 e. The van der Waals surface area contributed by atoms with Crippen LogP contribution in [0.25, 0.3) is 135 Å². The molecule has 62 heavy (non-hydrogen) atoms. The Bertz CT molecular complexity index is 4170. The summed E-state index contributed by atoms with van der Waals surface area (Å²) in [6, 6.07) is 79.2. The third kappa shape index (κ3) is 4.78. The van der Waals surface area contributed by atoms with E-state index in [9.17, 15) is 0 Å². The maximum absolute atomic E-state index is 2.44. The fourth-order valence-corrected chi connectivity index (χ4v) is 11.8. The molecule has 1 nitrogen and oxygen atoms in total. The van der Waals surface area contributed by atoms with Crippen LogP contribution < -0.4 is 0 Å². The van der Waals surface area contributed by atoms with Gasteiger partial charge in [0.2, 0.25) is 0 Å². The monoisotopic (exact) mass is 801 g/mol. The van der Waals surface area contributed by atoms with Gasteiger partial charge < -0.3 is 4.57 Å². The highest BCUT2D eigenvalue weighted by Crippen LogP contribution is 2.46. The molecular formula is C60H35NS. The Kier molecular flexibility index (Phi) is 7.05. The van der Waals surface area contributed by atoms with Crippen LogP contribution in [0.3, 0.4) is 0 Å². The number of rotatable bonds is 3. The molecular weight excluding hydrogens is 767 g/mol. The van der Waals surface area contributed by atoms with Crippen LogP contribution in [0, 0.1) is 0 Å². The number of nitrogens with zero attached hydrogens (tertiary/aromatic N) is 1. The predicted octanol–water partition coefficient (Wildman–Crippen LogP) is 17.4. The van der Waals surface area contributed by atoms with Crippen molar-refractivity contribution in [1.82, 2.24) is 4.57 Å². The van der Waals surface area contributed by atoms with Crippen LogP contribution in [-0.2, 0) is 0 Å². The minimum atomic E-state index is 1.17. The first-order valence-corrected chi connectivity index (χ1v) is 22.2. The van der Waals surface area contributed by atoms with E-state index in [1.165, 1.54) is 135 Å². The maximum atomic E-state index is 2.44. The van der Waals surface area contributed by atoms with Gasteiger partial charge in [0.25, 0.3) is 0 Å². The second-order valence-corrected chi connectivity index (χ2v) is 17.8. The van der Waals surface area contributed by atoms with E-state index in [0.717, 1.165) is 0 Å². The average Bonchev–Trinajstić information content (AvgIpc) is 3.89. The molecule has 14 rings (SSSR count). The summed E-state index contributed by atoms with van der Waals surface area (Å²) in [6.07, 6.45) is 0. The summed E-state index contributed by atoms with van der Waals surface area (Å²) >= 11 is 1.88. The fourth-order valence-electron chi connectivity index (χ4n) is 10.8. The molecule has 0 unspecified atom stereocenters. The van der Waals surface area contributed by atoms with E-state index in [4.69, 9.17) is 0 Å². The van der Waals surface area contributed by atoms with Crippen LogP contribution in [-0.4, -0.2) is 4.57 Å². The van der Waals surface area contributed by atoms with Crippen molar-refractivity contribution in [3.63, 3.8) is 0 Å². The molecule has 0 N–H and O–H groups in total. The number of fused-ring (bicyclic) bond motifs is 19. The molecule has 2 aromatic heterocycles. The summed E-state index contributed by atoms with van der Waals surface area (Å²) in [7, 11) is 0. The number of thiophene rings is 1.